The number of aryl methyl sites for hydroxylation is 2. The zero-order valence-electron chi connectivity index (χ0n) is 11.5. The van der Waals surface area contributed by atoms with Gasteiger partial charge in [0.05, 0.1) is 11.4 Å². The standard InChI is InChI=1S/C12H19N5S.ClH/c1-8-6-16(5-4-13-8)7-11-9(2)14-12-17(11)15-10(3)18-12;/h8,13H,4-7H2,1-3H3;1H. The zero-order valence-corrected chi connectivity index (χ0v) is 13.1. The predicted octanol–water partition coefficient (Wildman–Crippen LogP) is 1.62. The summed E-state index contributed by atoms with van der Waals surface area (Å²) in [5, 5.41) is 9.09. The van der Waals surface area contributed by atoms with Crippen LogP contribution in [0.15, 0.2) is 0 Å². The van der Waals surface area contributed by atoms with Crippen LogP contribution in [0.2, 0.25) is 0 Å². The number of nitrogens with one attached hydrogen (secondary N) is 1. The van der Waals surface area contributed by atoms with Crippen molar-refractivity contribution in [3.8, 4) is 0 Å². The van der Waals surface area contributed by atoms with Crippen LogP contribution in [0, 0.1) is 13.8 Å². The van der Waals surface area contributed by atoms with Crippen molar-refractivity contribution in [1.29, 1.82) is 0 Å². The number of rotatable bonds is 2. The predicted molar refractivity (Wildman–Crippen MR) is 80.3 cm³/mol. The van der Waals surface area contributed by atoms with Gasteiger partial charge in [0.1, 0.15) is 5.01 Å². The molecule has 0 spiro atoms. The van der Waals surface area contributed by atoms with Crippen molar-refractivity contribution >= 4 is 28.7 Å². The molecule has 1 unspecified atom stereocenters. The lowest BCUT2D eigenvalue weighted by atomic mass is 10.2. The van der Waals surface area contributed by atoms with Crippen LogP contribution in [0.25, 0.3) is 4.96 Å². The molecule has 1 saturated heterocycles. The molecule has 1 aliphatic rings. The van der Waals surface area contributed by atoms with E-state index in [-0.39, 0.29) is 12.4 Å². The minimum Gasteiger partial charge on any atom is -0.312 e. The fourth-order valence-electron chi connectivity index (χ4n) is 2.54. The van der Waals surface area contributed by atoms with Gasteiger partial charge in [-0.2, -0.15) is 5.10 Å². The monoisotopic (exact) mass is 301 g/mol. The van der Waals surface area contributed by atoms with Crippen molar-refractivity contribution in [2.45, 2.75) is 33.4 Å². The molecule has 0 aromatic carbocycles. The molecule has 1 N–H and O–H groups in total. The van der Waals surface area contributed by atoms with E-state index in [9.17, 15) is 0 Å². The lowest BCUT2D eigenvalue weighted by Gasteiger charge is -2.31. The van der Waals surface area contributed by atoms with Crippen molar-refractivity contribution in [3.05, 3.63) is 16.4 Å². The smallest absolute Gasteiger partial charge is 0.212 e. The summed E-state index contributed by atoms with van der Waals surface area (Å²) in [6.45, 7) is 10.6. The van der Waals surface area contributed by atoms with Gasteiger partial charge in [0, 0.05) is 32.2 Å². The average Bonchev–Trinajstić information content (AvgIpc) is 2.78. The molecule has 7 heteroatoms. The van der Waals surface area contributed by atoms with Crippen LogP contribution in [-0.2, 0) is 6.54 Å². The maximum atomic E-state index is 4.60. The SMILES string of the molecule is Cc1nn2c(CN3CCNC(C)C3)c(C)nc2s1.Cl. The van der Waals surface area contributed by atoms with Gasteiger partial charge in [-0.05, 0) is 20.8 Å². The highest BCUT2D eigenvalue weighted by Crippen LogP contribution is 2.19. The molecule has 3 heterocycles. The van der Waals surface area contributed by atoms with Gasteiger partial charge in [-0.1, -0.05) is 11.3 Å². The van der Waals surface area contributed by atoms with E-state index in [0.29, 0.717) is 6.04 Å². The fourth-order valence-corrected chi connectivity index (χ4v) is 3.34. The van der Waals surface area contributed by atoms with E-state index in [4.69, 9.17) is 0 Å². The van der Waals surface area contributed by atoms with Gasteiger partial charge in [0.25, 0.3) is 0 Å². The summed E-state index contributed by atoms with van der Waals surface area (Å²) in [4.78, 5) is 8.09. The van der Waals surface area contributed by atoms with Crippen molar-refractivity contribution in [2.24, 2.45) is 0 Å². The topological polar surface area (TPSA) is 45.5 Å². The first-order valence-electron chi connectivity index (χ1n) is 6.41. The zero-order chi connectivity index (χ0) is 12.7. The van der Waals surface area contributed by atoms with E-state index in [1.165, 1.54) is 5.69 Å². The molecular weight excluding hydrogens is 282 g/mol. The minimum atomic E-state index is 0. The normalized spacial score (nSPS) is 20.7. The first-order valence-corrected chi connectivity index (χ1v) is 7.22. The van der Waals surface area contributed by atoms with Gasteiger partial charge in [-0.15, -0.1) is 12.4 Å². The van der Waals surface area contributed by atoms with E-state index in [1.807, 2.05) is 11.4 Å². The highest BCUT2D eigenvalue weighted by molar-refractivity contribution is 7.16. The highest BCUT2D eigenvalue weighted by Gasteiger charge is 2.19. The Balaban J connectivity index is 0.00000133. The molecule has 1 fully saturated rings. The number of fused-ring (bicyclic) bond motifs is 1. The number of piperazine rings is 1. The number of aromatic nitrogens is 3. The summed E-state index contributed by atoms with van der Waals surface area (Å²) in [5.74, 6) is 0. The summed E-state index contributed by atoms with van der Waals surface area (Å²) in [5.41, 5.74) is 2.35. The average molecular weight is 302 g/mol. The number of hydrogen-bond acceptors (Lipinski definition) is 5. The first kappa shape index (κ1) is 14.7. The van der Waals surface area contributed by atoms with Gasteiger partial charge in [-0.3, -0.25) is 4.90 Å². The Bertz CT molecular complexity index is 564. The Morgan fingerprint density at radius 1 is 1.42 bits per heavy atom. The van der Waals surface area contributed by atoms with Crippen LogP contribution in [0.5, 0.6) is 0 Å². The molecule has 106 valence electrons. The van der Waals surface area contributed by atoms with Crippen LogP contribution < -0.4 is 5.32 Å². The van der Waals surface area contributed by atoms with Gasteiger partial charge < -0.3 is 5.32 Å². The Labute approximate surface area is 123 Å². The molecule has 2 aromatic rings. The molecular formula is C12H20ClN5S. The van der Waals surface area contributed by atoms with E-state index in [0.717, 1.165) is 41.8 Å². The maximum absolute atomic E-state index is 4.60. The maximum Gasteiger partial charge on any atom is 0.212 e. The third-order valence-electron chi connectivity index (χ3n) is 3.42. The number of halogens is 1. The Kier molecular flexibility index (Phi) is 4.45. The van der Waals surface area contributed by atoms with Gasteiger partial charge in [-0.25, -0.2) is 9.50 Å². The van der Waals surface area contributed by atoms with E-state index < -0.39 is 0 Å². The lowest BCUT2D eigenvalue weighted by molar-refractivity contribution is 0.196. The lowest BCUT2D eigenvalue weighted by Crippen LogP contribution is -2.48. The van der Waals surface area contributed by atoms with E-state index in [2.05, 4.69) is 34.1 Å². The second-order valence-electron chi connectivity index (χ2n) is 5.05. The van der Waals surface area contributed by atoms with Gasteiger partial charge >= 0.3 is 0 Å². The van der Waals surface area contributed by atoms with E-state index in [1.54, 1.807) is 11.3 Å². The summed E-state index contributed by atoms with van der Waals surface area (Å²) in [6.07, 6.45) is 0. The number of imidazole rings is 1. The van der Waals surface area contributed by atoms with E-state index >= 15 is 0 Å². The number of hydrogen-bond donors (Lipinski definition) is 1. The quantitative estimate of drug-likeness (QED) is 0.916. The Hall–Kier alpha value is -0.690. The fraction of sp³-hybridized carbons (Fsp3) is 0.667. The van der Waals surface area contributed by atoms with Crippen LogP contribution in [0.3, 0.4) is 0 Å². The van der Waals surface area contributed by atoms with Crippen molar-refractivity contribution in [2.75, 3.05) is 19.6 Å². The Morgan fingerprint density at radius 2 is 2.21 bits per heavy atom. The molecule has 2 aromatic heterocycles. The van der Waals surface area contributed by atoms with Crippen molar-refractivity contribution in [1.82, 2.24) is 24.8 Å². The van der Waals surface area contributed by atoms with Crippen molar-refractivity contribution < 1.29 is 0 Å². The summed E-state index contributed by atoms with van der Waals surface area (Å²) < 4.78 is 2.02. The van der Waals surface area contributed by atoms with Crippen LogP contribution in [-0.4, -0.2) is 45.2 Å². The molecule has 5 nitrogen and oxygen atoms in total. The van der Waals surface area contributed by atoms with Crippen LogP contribution >= 0.6 is 23.7 Å². The second-order valence-corrected chi connectivity index (χ2v) is 6.21. The number of nitrogens with zero attached hydrogens (tertiary/aromatic N) is 4. The largest absolute Gasteiger partial charge is 0.312 e. The molecule has 0 aliphatic carbocycles. The molecule has 0 radical (unpaired) electrons. The van der Waals surface area contributed by atoms with Crippen LogP contribution in [0.4, 0.5) is 0 Å². The highest BCUT2D eigenvalue weighted by atomic mass is 35.5. The summed E-state index contributed by atoms with van der Waals surface area (Å²) in [6, 6.07) is 0.569. The van der Waals surface area contributed by atoms with Crippen LogP contribution in [0.1, 0.15) is 23.3 Å². The molecule has 19 heavy (non-hydrogen) atoms. The van der Waals surface area contributed by atoms with Gasteiger partial charge in [0.15, 0.2) is 0 Å². The summed E-state index contributed by atoms with van der Waals surface area (Å²) >= 11 is 1.66. The second kappa shape index (κ2) is 5.75. The molecule has 0 bridgehead atoms. The third kappa shape index (κ3) is 2.91. The van der Waals surface area contributed by atoms with Gasteiger partial charge in [0.2, 0.25) is 4.96 Å². The molecule has 1 aliphatic heterocycles. The molecule has 3 rings (SSSR count). The minimum absolute atomic E-state index is 0. The Morgan fingerprint density at radius 3 is 2.95 bits per heavy atom. The molecule has 1 atom stereocenters. The first-order chi connectivity index (χ1) is 8.63. The third-order valence-corrected chi connectivity index (χ3v) is 4.25. The molecule has 0 amide bonds. The summed E-state index contributed by atoms with van der Waals surface area (Å²) in [7, 11) is 0. The van der Waals surface area contributed by atoms with Crippen molar-refractivity contribution in [3.63, 3.8) is 0 Å². The molecule has 0 saturated carbocycles.